The van der Waals surface area contributed by atoms with Crippen LogP contribution in [0.2, 0.25) is 5.02 Å². The van der Waals surface area contributed by atoms with E-state index in [0.717, 1.165) is 21.7 Å². The minimum atomic E-state index is 0.575. The highest BCUT2D eigenvalue weighted by Crippen LogP contribution is 2.27. The van der Waals surface area contributed by atoms with Gasteiger partial charge in [0, 0.05) is 16.3 Å². The molecule has 0 atom stereocenters. The average Bonchev–Trinajstić information content (AvgIpc) is 2.30. The summed E-state index contributed by atoms with van der Waals surface area (Å²) < 4.78 is 0. The van der Waals surface area contributed by atoms with E-state index in [-0.39, 0.29) is 0 Å². The maximum absolute atomic E-state index is 7.53. The van der Waals surface area contributed by atoms with Crippen LogP contribution in [0.4, 0.5) is 0 Å². The molecule has 1 N–H and O–H groups in total. The second-order valence-electron chi connectivity index (χ2n) is 3.68. The lowest BCUT2D eigenvalue weighted by molar-refractivity contribution is 1.45. The second kappa shape index (κ2) is 4.50. The molecule has 0 aliphatic heterocycles. The highest BCUT2D eigenvalue weighted by atomic mass is 35.5. The van der Waals surface area contributed by atoms with Gasteiger partial charge in [0.05, 0.1) is 0 Å². The Morgan fingerprint density at radius 1 is 1.00 bits per heavy atom. The van der Waals surface area contributed by atoms with E-state index in [1.807, 2.05) is 48.5 Å². The Balaban J connectivity index is 2.43. The standard InChI is InChI=1S/C14H12ClN/c1-10(16)11-6-8-12(9-7-11)13-4-2-3-5-14(13)15/h2-9,16H,1H3. The van der Waals surface area contributed by atoms with Crippen LogP contribution in [0, 0.1) is 5.41 Å². The van der Waals surface area contributed by atoms with Crippen LogP contribution in [0.3, 0.4) is 0 Å². The quantitative estimate of drug-likeness (QED) is 0.739. The molecule has 80 valence electrons. The number of hydrogen-bond donors (Lipinski definition) is 1. The summed E-state index contributed by atoms with van der Waals surface area (Å²) in [6.45, 7) is 1.78. The maximum atomic E-state index is 7.53. The van der Waals surface area contributed by atoms with Gasteiger partial charge in [-0.05, 0) is 24.1 Å². The Morgan fingerprint density at radius 2 is 1.62 bits per heavy atom. The molecule has 0 spiro atoms. The predicted octanol–water partition coefficient (Wildman–Crippen LogP) is 4.39. The first-order valence-electron chi connectivity index (χ1n) is 5.09. The Morgan fingerprint density at radius 3 is 2.19 bits per heavy atom. The third-order valence-electron chi connectivity index (χ3n) is 2.50. The lowest BCUT2D eigenvalue weighted by Crippen LogP contribution is -1.90. The fraction of sp³-hybridized carbons (Fsp3) is 0.0714. The van der Waals surface area contributed by atoms with E-state index in [1.165, 1.54) is 0 Å². The smallest absolute Gasteiger partial charge is 0.0484 e. The van der Waals surface area contributed by atoms with Crippen molar-refractivity contribution >= 4 is 17.3 Å². The van der Waals surface area contributed by atoms with E-state index in [1.54, 1.807) is 6.92 Å². The SMILES string of the molecule is CC(=N)c1ccc(-c2ccccc2Cl)cc1. The van der Waals surface area contributed by atoms with Gasteiger partial charge in [0.15, 0.2) is 0 Å². The van der Waals surface area contributed by atoms with Crippen molar-refractivity contribution in [2.24, 2.45) is 0 Å². The van der Waals surface area contributed by atoms with Crippen LogP contribution in [0.5, 0.6) is 0 Å². The first-order valence-corrected chi connectivity index (χ1v) is 5.47. The van der Waals surface area contributed by atoms with E-state index < -0.39 is 0 Å². The van der Waals surface area contributed by atoms with Gasteiger partial charge in [0.25, 0.3) is 0 Å². The fourth-order valence-electron chi connectivity index (χ4n) is 1.60. The van der Waals surface area contributed by atoms with E-state index in [9.17, 15) is 0 Å². The number of rotatable bonds is 2. The molecule has 2 rings (SSSR count). The number of hydrogen-bond acceptors (Lipinski definition) is 1. The van der Waals surface area contributed by atoms with Crippen molar-refractivity contribution in [3.63, 3.8) is 0 Å². The molecule has 0 heterocycles. The molecule has 2 aromatic carbocycles. The van der Waals surface area contributed by atoms with Crippen molar-refractivity contribution in [1.29, 1.82) is 5.41 Å². The average molecular weight is 230 g/mol. The van der Waals surface area contributed by atoms with Crippen LogP contribution in [0.25, 0.3) is 11.1 Å². The zero-order valence-electron chi connectivity index (χ0n) is 9.00. The summed E-state index contributed by atoms with van der Waals surface area (Å²) in [4.78, 5) is 0. The molecule has 2 aromatic rings. The van der Waals surface area contributed by atoms with E-state index in [0.29, 0.717) is 5.71 Å². The topological polar surface area (TPSA) is 23.9 Å². The normalized spacial score (nSPS) is 10.1. The van der Waals surface area contributed by atoms with E-state index >= 15 is 0 Å². The molecule has 0 radical (unpaired) electrons. The van der Waals surface area contributed by atoms with Gasteiger partial charge in [-0.25, -0.2) is 0 Å². The van der Waals surface area contributed by atoms with Crippen molar-refractivity contribution in [3.05, 3.63) is 59.1 Å². The minimum absolute atomic E-state index is 0.575. The third-order valence-corrected chi connectivity index (χ3v) is 2.83. The summed E-state index contributed by atoms with van der Waals surface area (Å²) >= 11 is 6.12. The van der Waals surface area contributed by atoms with E-state index in [4.69, 9.17) is 17.0 Å². The second-order valence-corrected chi connectivity index (χ2v) is 4.09. The molecule has 0 amide bonds. The molecule has 0 aliphatic carbocycles. The van der Waals surface area contributed by atoms with Crippen LogP contribution in [0.15, 0.2) is 48.5 Å². The summed E-state index contributed by atoms with van der Waals surface area (Å²) in [6, 6.07) is 15.6. The van der Waals surface area contributed by atoms with Gasteiger partial charge >= 0.3 is 0 Å². The summed E-state index contributed by atoms with van der Waals surface area (Å²) in [5, 5.41) is 8.28. The van der Waals surface area contributed by atoms with Crippen LogP contribution in [-0.2, 0) is 0 Å². The monoisotopic (exact) mass is 229 g/mol. The molecule has 0 unspecified atom stereocenters. The molecule has 0 fully saturated rings. The van der Waals surface area contributed by atoms with Gasteiger partial charge in [0.2, 0.25) is 0 Å². The Kier molecular flexibility index (Phi) is 3.07. The highest BCUT2D eigenvalue weighted by molar-refractivity contribution is 6.33. The number of halogens is 1. The fourth-order valence-corrected chi connectivity index (χ4v) is 1.84. The molecule has 2 heteroatoms. The molecule has 0 saturated heterocycles. The zero-order valence-corrected chi connectivity index (χ0v) is 9.75. The Labute approximate surface area is 100 Å². The lowest BCUT2D eigenvalue weighted by atomic mass is 10.0. The van der Waals surface area contributed by atoms with Crippen molar-refractivity contribution in [1.82, 2.24) is 0 Å². The molecular formula is C14H12ClN. The van der Waals surface area contributed by atoms with Gasteiger partial charge in [-0.2, -0.15) is 0 Å². The largest absolute Gasteiger partial charge is 0.305 e. The van der Waals surface area contributed by atoms with Gasteiger partial charge in [-0.15, -0.1) is 0 Å². The van der Waals surface area contributed by atoms with Crippen molar-refractivity contribution in [2.45, 2.75) is 6.92 Å². The Hall–Kier alpha value is -1.60. The maximum Gasteiger partial charge on any atom is 0.0484 e. The van der Waals surface area contributed by atoms with Gasteiger partial charge in [0.1, 0.15) is 0 Å². The highest BCUT2D eigenvalue weighted by Gasteiger charge is 2.02. The zero-order chi connectivity index (χ0) is 11.5. The molecule has 0 saturated carbocycles. The lowest BCUT2D eigenvalue weighted by Gasteiger charge is -2.05. The van der Waals surface area contributed by atoms with Gasteiger partial charge in [-0.1, -0.05) is 54.1 Å². The molecule has 0 bridgehead atoms. The summed E-state index contributed by atoms with van der Waals surface area (Å²) in [6.07, 6.45) is 0. The van der Waals surface area contributed by atoms with Gasteiger partial charge < -0.3 is 5.41 Å². The number of benzene rings is 2. The summed E-state index contributed by atoms with van der Waals surface area (Å²) in [5.41, 5.74) is 3.62. The predicted molar refractivity (Wildman–Crippen MR) is 69.4 cm³/mol. The van der Waals surface area contributed by atoms with Crippen LogP contribution >= 0.6 is 11.6 Å². The van der Waals surface area contributed by atoms with E-state index in [2.05, 4.69) is 0 Å². The van der Waals surface area contributed by atoms with Crippen LogP contribution in [0.1, 0.15) is 12.5 Å². The molecule has 1 nitrogen and oxygen atoms in total. The molecular weight excluding hydrogens is 218 g/mol. The summed E-state index contributed by atoms with van der Waals surface area (Å²) in [7, 11) is 0. The third kappa shape index (κ3) is 2.15. The molecule has 0 aliphatic rings. The molecule has 16 heavy (non-hydrogen) atoms. The first-order chi connectivity index (χ1) is 7.68. The number of nitrogens with one attached hydrogen (secondary N) is 1. The van der Waals surface area contributed by atoms with Crippen molar-refractivity contribution in [3.8, 4) is 11.1 Å². The van der Waals surface area contributed by atoms with Crippen molar-refractivity contribution < 1.29 is 0 Å². The van der Waals surface area contributed by atoms with Crippen LogP contribution < -0.4 is 0 Å². The Bertz CT molecular complexity index is 515. The first kappa shape index (κ1) is 10.9. The van der Waals surface area contributed by atoms with Crippen molar-refractivity contribution in [2.75, 3.05) is 0 Å². The molecule has 0 aromatic heterocycles. The van der Waals surface area contributed by atoms with Crippen LogP contribution in [-0.4, -0.2) is 5.71 Å². The van der Waals surface area contributed by atoms with Gasteiger partial charge in [-0.3, -0.25) is 0 Å². The minimum Gasteiger partial charge on any atom is -0.305 e. The summed E-state index contributed by atoms with van der Waals surface area (Å²) in [5.74, 6) is 0.